The number of aliphatic hydroxyl groups is 4. The molecule has 3 aliphatic rings. The molecule has 3 saturated heterocycles. The molecule has 0 aliphatic carbocycles. The van der Waals surface area contributed by atoms with E-state index in [0.29, 0.717) is 53.8 Å². The minimum absolute atomic E-state index is 0.357. The van der Waals surface area contributed by atoms with Crippen molar-refractivity contribution in [2.24, 2.45) is 5.92 Å². The second-order valence-electron chi connectivity index (χ2n) is 11.8. The first-order valence-electron chi connectivity index (χ1n) is 14.4. The third-order valence-electron chi connectivity index (χ3n) is 8.20. The van der Waals surface area contributed by atoms with Gasteiger partial charge in [-0.15, -0.1) is 0 Å². The van der Waals surface area contributed by atoms with Crippen LogP contribution in [0, 0.1) is 5.92 Å². The number of esters is 1. The van der Waals surface area contributed by atoms with Gasteiger partial charge in [-0.25, -0.2) is 4.79 Å². The smallest absolute Gasteiger partial charge is 0.338 e. The van der Waals surface area contributed by atoms with Crippen molar-refractivity contribution in [2.75, 3.05) is 26.3 Å². The highest BCUT2D eigenvalue weighted by Gasteiger charge is 2.45. The summed E-state index contributed by atoms with van der Waals surface area (Å²) in [6.45, 7) is 9.97. The van der Waals surface area contributed by atoms with Gasteiger partial charge in [-0.2, -0.15) is 0 Å². The maximum absolute atomic E-state index is 13.3. The number of ether oxygens (including phenoxy) is 3. The van der Waals surface area contributed by atoms with E-state index in [2.05, 4.69) is 4.90 Å². The molecule has 0 radical (unpaired) electrons. The van der Waals surface area contributed by atoms with Gasteiger partial charge in [0, 0.05) is 12.0 Å². The molecule has 222 valence electrons. The lowest BCUT2D eigenvalue weighted by Crippen LogP contribution is -2.60. The second kappa shape index (κ2) is 13.6. The Kier molecular flexibility index (Phi) is 10.4. The number of rotatable bonds is 10. The van der Waals surface area contributed by atoms with Crippen molar-refractivity contribution in [2.45, 2.75) is 96.5 Å². The summed E-state index contributed by atoms with van der Waals surface area (Å²) in [5, 5.41) is 40.8. The summed E-state index contributed by atoms with van der Waals surface area (Å²) in [6, 6.07) is 4.01. The maximum atomic E-state index is 13.3. The van der Waals surface area contributed by atoms with Crippen molar-refractivity contribution in [3.8, 4) is 5.75 Å². The summed E-state index contributed by atoms with van der Waals surface area (Å²) in [5.74, 6) is 0.400. The van der Waals surface area contributed by atoms with Crippen LogP contribution in [0.5, 0.6) is 5.75 Å². The molecule has 0 aromatic heterocycles. The van der Waals surface area contributed by atoms with Gasteiger partial charge in [-0.3, -0.25) is 4.90 Å². The summed E-state index contributed by atoms with van der Waals surface area (Å²) in [4.78, 5) is 15.8. The first kappa shape index (κ1) is 30.7. The molecule has 4 N–H and O–H groups in total. The van der Waals surface area contributed by atoms with E-state index < -0.39 is 37.3 Å². The average molecular weight is 560 g/mol. The Hall–Kier alpha value is -2.27. The predicted molar refractivity (Wildman–Crippen MR) is 150 cm³/mol. The Balaban J connectivity index is 1.63. The van der Waals surface area contributed by atoms with E-state index in [0.717, 1.165) is 37.1 Å². The number of carbonyl (C=O) groups excluding carboxylic acids is 1. The highest BCUT2D eigenvalue weighted by molar-refractivity contribution is 5.90. The molecule has 0 saturated carbocycles. The Labute approximate surface area is 237 Å². The number of benzene rings is 1. The number of fused-ring (bicyclic) bond motifs is 1. The molecule has 3 aliphatic heterocycles. The van der Waals surface area contributed by atoms with Crippen LogP contribution in [0.4, 0.5) is 0 Å². The third kappa shape index (κ3) is 7.13. The van der Waals surface area contributed by atoms with Crippen molar-refractivity contribution in [1.29, 1.82) is 0 Å². The Morgan fingerprint density at radius 1 is 0.975 bits per heavy atom. The first-order valence-corrected chi connectivity index (χ1v) is 14.4. The summed E-state index contributed by atoms with van der Waals surface area (Å²) >= 11 is 0. The maximum Gasteiger partial charge on any atom is 0.338 e. The second-order valence-corrected chi connectivity index (χ2v) is 11.8. The fraction of sp³-hybridized carbons (Fsp3) is 0.645. The van der Waals surface area contributed by atoms with Gasteiger partial charge in [-0.1, -0.05) is 23.3 Å². The van der Waals surface area contributed by atoms with Gasteiger partial charge in [-0.05, 0) is 96.1 Å². The molecule has 1 aromatic rings. The zero-order chi connectivity index (χ0) is 29.0. The number of hydrogen-bond donors (Lipinski definition) is 4. The summed E-state index contributed by atoms with van der Waals surface area (Å²) in [7, 11) is 0. The Morgan fingerprint density at radius 3 is 2.23 bits per heavy atom. The third-order valence-corrected chi connectivity index (χ3v) is 8.20. The van der Waals surface area contributed by atoms with Gasteiger partial charge in [0.05, 0.1) is 18.8 Å². The minimum Gasteiger partial charge on any atom is -0.462 e. The zero-order valence-corrected chi connectivity index (χ0v) is 24.1. The monoisotopic (exact) mass is 559 g/mol. The average Bonchev–Trinajstić information content (AvgIpc) is 3.54. The largest absolute Gasteiger partial charge is 0.462 e. The van der Waals surface area contributed by atoms with Gasteiger partial charge in [0.25, 0.3) is 0 Å². The predicted octanol–water partition coefficient (Wildman–Crippen LogP) is 2.52. The van der Waals surface area contributed by atoms with Gasteiger partial charge < -0.3 is 34.6 Å². The van der Waals surface area contributed by atoms with Crippen LogP contribution in [0.1, 0.15) is 68.4 Å². The quantitative estimate of drug-likeness (QED) is 0.252. The molecule has 7 atom stereocenters. The Morgan fingerprint density at radius 2 is 1.62 bits per heavy atom. The molecule has 0 spiro atoms. The highest BCUT2D eigenvalue weighted by atomic mass is 16.7. The van der Waals surface area contributed by atoms with E-state index in [1.54, 1.807) is 12.1 Å². The van der Waals surface area contributed by atoms with Gasteiger partial charge in [0.15, 0.2) is 0 Å². The molecule has 40 heavy (non-hydrogen) atoms. The number of allylic oxidation sites excluding steroid dienone is 4. The lowest BCUT2D eigenvalue weighted by Gasteiger charge is -2.40. The molecular formula is C31H45NO8. The van der Waals surface area contributed by atoms with Crippen molar-refractivity contribution in [3.63, 3.8) is 0 Å². The number of aliphatic hydroxyl groups excluding tert-OH is 4. The minimum atomic E-state index is -1.56. The fourth-order valence-corrected chi connectivity index (χ4v) is 5.88. The molecule has 0 bridgehead atoms. The molecule has 4 rings (SSSR count). The van der Waals surface area contributed by atoms with Crippen LogP contribution in [-0.2, 0) is 22.3 Å². The van der Waals surface area contributed by atoms with E-state index >= 15 is 0 Å². The van der Waals surface area contributed by atoms with Gasteiger partial charge in [0.2, 0.25) is 6.29 Å². The molecule has 3 heterocycles. The SMILES string of the molecule is CC(C)=CCc1cc(C(=O)OC[C@H]2CCN3CCC[C@H]23)cc(CC=C(C)C)c1O[C@@H]1O[C@H](CO)[C@H](O)[C@H](O)[C@@H]1O. The summed E-state index contributed by atoms with van der Waals surface area (Å²) in [6.07, 6.45) is 1.34. The fourth-order valence-electron chi connectivity index (χ4n) is 5.88. The molecule has 9 nitrogen and oxygen atoms in total. The number of hydrogen-bond acceptors (Lipinski definition) is 9. The summed E-state index contributed by atoms with van der Waals surface area (Å²) < 4.78 is 17.7. The van der Waals surface area contributed by atoms with Gasteiger partial charge >= 0.3 is 5.97 Å². The van der Waals surface area contributed by atoms with E-state index in [4.69, 9.17) is 14.2 Å². The normalized spacial score (nSPS) is 30.1. The molecule has 0 unspecified atom stereocenters. The molecule has 3 fully saturated rings. The van der Waals surface area contributed by atoms with Crippen molar-refractivity contribution < 1.29 is 39.4 Å². The molecule has 1 aromatic carbocycles. The van der Waals surface area contributed by atoms with Crippen LogP contribution in [0.15, 0.2) is 35.4 Å². The van der Waals surface area contributed by atoms with Crippen LogP contribution in [0.3, 0.4) is 0 Å². The van der Waals surface area contributed by atoms with E-state index in [1.165, 1.54) is 6.42 Å². The van der Waals surface area contributed by atoms with Crippen molar-refractivity contribution in [1.82, 2.24) is 4.90 Å². The first-order chi connectivity index (χ1) is 19.1. The zero-order valence-electron chi connectivity index (χ0n) is 24.1. The van der Waals surface area contributed by atoms with E-state index in [1.807, 2.05) is 39.8 Å². The summed E-state index contributed by atoms with van der Waals surface area (Å²) in [5.41, 5.74) is 4.00. The number of nitrogens with zero attached hydrogens (tertiary/aromatic N) is 1. The topological polar surface area (TPSA) is 129 Å². The van der Waals surface area contributed by atoms with Crippen molar-refractivity contribution in [3.05, 3.63) is 52.1 Å². The Bertz CT molecular complexity index is 1050. The standard InChI is InChI=1S/C31H45NO8/c1-18(2)7-9-20-14-23(30(37)38-17-22-11-13-32-12-5-6-24(22)32)15-21(10-8-19(3)4)29(20)40-31-28(36)27(35)26(34)25(16-33)39-31/h7-8,14-15,22,24-28,31,33-36H,5-6,9-13,16-17H2,1-4H3/t22-,24-,25-,26+,27+,28+,31+/m1/s1. The van der Waals surface area contributed by atoms with E-state index in [9.17, 15) is 25.2 Å². The van der Waals surface area contributed by atoms with Gasteiger partial charge in [0.1, 0.15) is 30.2 Å². The number of carbonyl (C=O) groups is 1. The van der Waals surface area contributed by atoms with Crippen LogP contribution >= 0.6 is 0 Å². The van der Waals surface area contributed by atoms with Crippen LogP contribution < -0.4 is 4.74 Å². The molecular weight excluding hydrogens is 514 g/mol. The van der Waals surface area contributed by atoms with E-state index in [-0.39, 0.29) is 5.97 Å². The highest BCUT2D eigenvalue weighted by Crippen LogP contribution is 2.35. The van der Waals surface area contributed by atoms with Crippen LogP contribution in [0.2, 0.25) is 0 Å². The lowest BCUT2D eigenvalue weighted by molar-refractivity contribution is -0.277. The van der Waals surface area contributed by atoms with Crippen LogP contribution in [0.25, 0.3) is 0 Å². The van der Waals surface area contributed by atoms with Crippen molar-refractivity contribution >= 4 is 5.97 Å². The lowest BCUT2D eigenvalue weighted by atomic mass is 9.97. The molecule has 0 amide bonds. The van der Waals surface area contributed by atoms with Crippen LogP contribution in [-0.4, -0.2) is 94.3 Å². The molecule has 9 heteroatoms.